The van der Waals surface area contributed by atoms with E-state index in [9.17, 15) is 4.79 Å². The van der Waals surface area contributed by atoms with Gasteiger partial charge in [-0.05, 0) is 43.7 Å². The number of fused-ring (bicyclic) bond motifs is 1. The summed E-state index contributed by atoms with van der Waals surface area (Å²) >= 11 is 0. The minimum absolute atomic E-state index is 0.250. The molecular formula is C16H17NO4. The van der Waals surface area contributed by atoms with E-state index in [2.05, 4.69) is 5.32 Å². The van der Waals surface area contributed by atoms with E-state index >= 15 is 0 Å². The summed E-state index contributed by atoms with van der Waals surface area (Å²) in [4.78, 5) is 12.1. The minimum Gasteiger partial charge on any atom is -0.486 e. The Morgan fingerprint density at radius 2 is 1.90 bits per heavy atom. The summed E-state index contributed by atoms with van der Waals surface area (Å²) in [6, 6.07) is 9.01. The van der Waals surface area contributed by atoms with Gasteiger partial charge in [-0.3, -0.25) is 4.79 Å². The maximum atomic E-state index is 12.1. The Bertz CT molecular complexity index is 646. The lowest BCUT2D eigenvalue weighted by Crippen LogP contribution is -2.40. The molecule has 3 rings (SSSR count). The molecule has 0 radical (unpaired) electrons. The summed E-state index contributed by atoms with van der Waals surface area (Å²) in [5.41, 5.74) is 0.381. The summed E-state index contributed by atoms with van der Waals surface area (Å²) in [7, 11) is 0. The van der Waals surface area contributed by atoms with Crippen LogP contribution < -0.4 is 14.8 Å². The molecule has 0 aliphatic carbocycles. The molecule has 1 aliphatic heterocycles. The Morgan fingerprint density at radius 3 is 2.62 bits per heavy atom. The van der Waals surface area contributed by atoms with Crippen LogP contribution in [0.4, 0.5) is 0 Å². The first-order valence-electron chi connectivity index (χ1n) is 6.82. The number of hydrogen-bond donors (Lipinski definition) is 1. The van der Waals surface area contributed by atoms with Crippen molar-refractivity contribution in [2.24, 2.45) is 0 Å². The van der Waals surface area contributed by atoms with Gasteiger partial charge in [-0.1, -0.05) is 6.07 Å². The van der Waals surface area contributed by atoms with E-state index in [4.69, 9.17) is 13.9 Å². The van der Waals surface area contributed by atoms with Crippen molar-refractivity contribution in [3.63, 3.8) is 0 Å². The summed E-state index contributed by atoms with van der Waals surface area (Å²) in [6.07, 6.45) is 1.48. The number of amides is 1. The van der Waals surface area contributed by atoms with Crippen molar-refractivity contribution >= 4 is 5.91 Å². The molecule has 110 valence electrons. The largest absolute Gasteiger partial charge is 0.486 e. The fraction of sp³-hybridized carbons (Fsp3) is 0.312. The summed E-state index contributed by atoms with van der Waals surface area (Å²) in [5, 5.41) is 2.95. The Balaban J connectivity index is 1.82. The molecule has 2 aromatic rings. The van der Waals surface area contributed by atoms with Crippen LogP contribution in [0.25, 0.3) is 0 Å². The van der Waals surface area contributed by atoms with Gasteiger partial charge >= 0.3 is 0 Å². The third-order valence-corrected chi connectivity index (χ3v) is 3.43. The van der Waals surface area contributed by atoms with Crippen molar-refractivity contribution in [1.82, 2.24) is 5.32 Å². The number of ether oxygens (including phenoxy) is 2. The van der Waals surface area contributed by atoms with Gasteiger partial charge in [-0.25, -0.2) is 0 Å². The third kappa shape index (κ3) is 2.72. The van der Waals surface area contributed by atoms with Crippen LogP contribution in [-0.2, 0) is 5.54 Å². The van der Waals surface area contributed by atoms with E-state index in [-0.39, 0.29) is 5.91 Å². The zero-order valence-corrected chi connectivity index (χ0v) is 12.0. The van der Waals surface area contributed by atoms with Crippen molar-refractivity contribution < 1.29 is 18.7 Å². The van der Waals surface area contributed by atoms with Crippen molar-refractivity contribution in [1.29, 1.82) is 0 Å². The van der Waals surface area contributed by atoms with Gasteiger partial charge in [0.2, 0.25) is 0 Å². The second-order valence-corrected chi connectivity index (χ2v) is 5.41. The molecule has 0 bridgehead atoms. The highest BCUT2D eigenvalue weighted by Gasteiger charge is 2.26. The van der Waals surface area contributed by atoms with E-state index in [0.717, 1.165) is 11.3 Å². The van der Waals surface area contributed by atoms with Crippen molar-refractivity contribution in [2.45, 2.75) is 19.4 Å². The monoisotopic (exact) mass is 287 g/mol. The van der Waals surface area contributed by atoms with Gasteiger partial charge in [0.25, 0.3) is 5.91 Å². The summed E-state index contributed by atoms with van der Waals surface area (Å²) in [6.45, 7) is 4.96. The number of rotatable bonds is 3. The van der Waals surface area contributed by atoms with E-state index in [1.165, 1.54) is 6.26 Å². The fourth-order valence-corrected chi connectivity index (χ4v) is 2.26. The normalized spacial score (nSPS) is 13.8. The van der Waals surface area contributed by atoms with Crippen LogP contribution in [0.1, 0.15) is 30.0 Å². The van der Waals surface area contributed by atoms with Crippen LogP contribution >= 0.6 is 0 Å². The predicted molar refractivity (Wildman–Crippen MR) is 76.6 cm³/mol. The van der Waals surface area contributed by atoms with Crippen LogP contribution in [0, 0.1) is 0 Å². The molecule has 5 nitrogen and oxygen atoms in total. The first-order valence-corrected chi connectivity index (χ1v) is 6.82. The molecule has 0 saturated heterocycles. The maximum Gasteiger partial charge on any atom is 0.287 e. The lowest BCUT2D eigenvalue weighted by molar-refractivity contribution is 0.0883. The number of benzene rings is 1. The van der Waals surface area contributed by atoms with Crippen molar-refractivity contribution in [3.8, 4) is 11.5 Å². The Hall–Kier alpha value is -2.43. The summed E-state index contributed by atoms with van der Waals surface area (Å²) in [5.74, 6) is 1.48. The lowest BCUT2D eigenvalue weighted by atomic mass is 9.93. The highest BCUT2D eigenvalue weighted by molar-refractivity contribution is 5.92. The highest BCUT2D eigenvalue weighted by atomic mass is 16.6. The molecule has 0 saturated carbocycles. The van der Waals surface area contributed by atoms with E-state index < -0.39 is 5.54 Å². The minimum atomic E-state index is -0.556. The molecule has 1 aliphatic rings. The average molecular weight is 287 g/mol. The highest BCUT2D eigenvalue weighted by Crippen LogP contribution is 2.34. The smallest absolute Gasteiger partial charge is 0.287 e. The molecule has 2 heterocycles. The molecule has 0 fully saturated rings. The number of furan rings is 1. The van der Waals surface area contributed by atoms with Crippen LogP contribution in [-0.4, -0.2) is 19.1 Å². The lowest BCUT2D eigenvalue weighted by Gasteiger charge is -2.28. The SMILES string of the molecule is CC(C)(NC(=O)c1ccco1)c1ccc2c(c1)OCCO2. The topological polar surface area (TPSA) is 60.7 Å². The molecule has 0 unspecified atom stereocenters. The first-order chi connectivity index (χ1) is 10.1. The Labute approximate surface area is 122 Å². The first kappa shape index (κ1) is 13.5. The molecule has 0 atom stereocenters. The predicted octanol–water partition coefficient (Wildman–Crippen LogP) is 2.72. The zero-order valence-electron chi connectivity index (χ0n) is 12.0. The fourth-order valence-electron chi connectivity index (χ4n) is 2.26. The number of hydrogen-bond acceptors (Lipinski definition) is 4. The van der Waals surface area contributed by atoms with E-state index in [1.807, 2.05) is 32.0 Å². The Morgan fingerprint density at radius 1 is 1.14 bits per heavy atom. The molecule has 1 N–H and O–H groups in total. The van der Waals surface area contributed by atoms with E-state index in [1.54, 1.807) is 12.1 Å². The molecule has 5 heteroatoms. The molecule has 0 spiro atoms. The second kappa shape index (κ2) is 5.16. The van der Waals surface area contributed by atoms with Gasteiger partial charge in [-0.2, -0.15) is 0 Å². The van der Waals surface area contributed by atoms with Crippen molar-refractivity contribution in [2.75, 3.05) is 13.2 Å². The van der Waals surface area contributed by atoms with E-state index in [0.29, 0.717) is 24.7 Å². The number of carbonyl (C=O) groups excluding carboxylic acids is 1. The van der Waals surface area contributed by atoms with Gasteiger partial charge in [0.15, 0.2) is 17.3 Å². The van der Waals surface area contributed by atoms with Crippen LogP contribution in [0.5, 0.6) is 11.5 Å². The summed E-state index contributed by atoms with van der Waals surface area (Å²) < 4.78 is 16.2. The molecular weight excluding hydrogens is 270 g/mol. The van der Waals surface area contributed by atoms with Gasteiger partial charge in [0, 0.05) is 0 Å². The molecule has 21 heavy (non-hydrogen) atoms. The molecule has 1 aromatic heterocycles. The molecule has 1 amide bonds. The average Bonchev–Trinajstić information content (AvgIpc) is 3.00. The van der Waals surface area contributed by atoms with Crippen LogP contribution in [0.15, 0.2) is 41.0 Å². The zero-order chi connectivity index (χ0) is 14.9. The second-order valence-electron chi connectivity index (χ2n) is 5.41. The maximum absolute atomic E-state index is 12.1. The third-order valence-electron chi connectivity index (χ3n) is 3.43. The van der Waals surface area contributed by atoms with Gasteiger partial charge < -0.3 is 19.2 Å². The van der Waals surface area contributed by atoms with Crippen molar-refractivity contribution in [3.05, 3.63) is 47.9 Å². The quantitative estimate of drug-likeness (QED) is 0.943. The Kier molecular flexibility index (Phi) is 3.33. The van der Waals surface area contributed by atoms with Crippen LogP contribution in [0.3, 0.4) is 0 Å². The van der Waals surface area contributed by atoms with Gasteiger partial charge in [-0.15, -0.1) is 0 Å². The standard InChI is InChI=1S/C16H17NO4/c1-16(2,17-15(18)13-4-3-7-19-13)11-5-6-12-14(10-11)21-9-8-20-12/h3-7,10H,8-9H2,1-2H3,(H,17,18). The van der Waals surface area contributed by atoms with Crippen LogP contribution in [0.2, 0.25) is 0 Å². The van der Waals surface area contributed by atoms with Gasteiger partial charge in [0.05, 0.1) is 11.8 Å². The molecule has 1 aromatic carbocycles. The number of carbonyl (C=O) groups is 1. The number of nitrogens with one attached hydrogen (secondary N) is 1. The van der Waals surface area contributed by atoms with Gasteiger partial charge in [0.1, 0.15) is 13.2 Å².